The highest BCUT2D eigenvalue weighted by Gasteiger charge is 2.21. The van der Waals surface area contributed by atoms with E-state index in [0.717, 1.165) is 34.4 Å². The molecule has 0 radical (unpaired) electrons. The monoisotopic (exact) mass is 517 g/mol. The van der Waals surface area contributed by atoms with E-state index in [-0.39, 0.29) is 31.4 Å². The van der Waals surface area contributed by atoms with Crippen LogP contribution in [0.15, 0.2) is 60.7 Å². The topological polar surface area (TPSA) is 84.9 Å². The molecule has 6 heteroatoms. The van der Waals surface area contributed by atoms with Crippen LogP contribution in [0.2, 0.25) is 0 Å². The van der Waals surface area contributed by atoms with Crippen molar-refractivity contribution >= 4 is 11.9 Å². The Labute approximate surface area is 226 Å². The smallest absolute Gasteiger partial charge is 0.303 e. The lowest BCUT2D eigenvalue weighted by Crippen LogP contribution is -2.30. The lowest BCUT2D eigenvalue weighted by molar-refractivity contribution is -0.136. The first-order valence-corrected chi connectivity index (χ1v) is 13.2. The first-order chi connectivity index (χ1) is 18.2. The number of carbonyl (C=O) groups is 2. The summed E-state index contributed by atoms with van der Waals surface area (Å²) >= 11 is 0. The summed E-state index contributed by atoms with van der Waals surface area (Å²) in [6, 6.07) is 19.1. The van der Waals surface area contributed by atoms with Gasteiger partial charge in [0.15, 0.2) is 0 Å². The molecule has 1 unspecified atom stereocenters. The van der Waals surface area contributed by atoms with E-state index in [9.17, 15) is 14.7 Å². The van der Waals surface area contributed by atoms with E-state index in [0.29, 0.717) is 29.4 Å². The molecule has 0 fully saturated rings. The Kier molecular flexibility index (Phi) is 10.3. The van der Waals surface area contributed by atoms with Crippen LogP contribution in [0.4, 0.5) is 0 Å². The minimum absolute atomic E-state index is 0.0608. The molecule has 0 aliphatic heterocycles. The van der Waals surface area contributed by atoms with Gasteiger partial charge in [-0.2, -0.15) is 0 Å². The van der Waals surface area contributed by atoms with Crippen LogP contribution in [-0.2, 0) is 17.8 Å². The second-order valence-electron chi connectivity index (χ2n) is 10.1. The van der Waals surface area contributed by atoms with Crippen molar-refractivity contribution in [3.8, 4) is 11.5 Å². The van der Waals surface area contributed by atoms with Crippen molar-refractivity contribution in [3.63, 3.8) is 0 Å². The number of carboxylic acids is 1. The summed E-state index contributed by atoms with van der Waals surface area (Å²) in [5.74, 6) is 0.517. The van der Waals surface area contributed by atoms with Crippen molar-refractivity contribution in [3.05, 3.63) is 94.0 Å². The normalized spacial score (nSPS) is 11.7. The molecule has 38 heavy (non-hydrogen) atoms. The molecule has 3 aromatic carbocycles. The van der Waals surface area contributed by atoms with E-state index in [1.165, 1.54) is 0 Å². The highest BCUT2D eigenvalue weighted by molar-refractivity contribution is 5.96. The Morgan fingerprint density at radius 3 is 2.29 bits per heavy atom. The van der Waals surface area contributed by atoms with Crippen LogP contribution >= 0.6 is 0 Å². The Balaban J connectivity index is 1.89. The van der Waals surface area contributed by atoms with Crippen LogP contribution in [0.5, 0.6) is 11.5 Å². The number of ether oxygens (including phenoxy) is 2. The molecular formula is C32H39NO5. The molecule has 2 N–H and O–H groups in total. The molecule has 0 saturated heterocycles. The summed E-state index contributed by atoms with van der Waals surface area (Å²) in [6.45, 7) is 11.1. The van der Waals surface area contributed by atoms with Crippen LogP contribution in [0.25, 0.3) is 0 Å². The van der Waals surface area contributed by atoms with Gasteiger partial charge in [-0.15, -0.1) is 0 Å². The highest BCUT2D eigenvalue weighted by Crippen LogP contribution is 2.27. The molecule has 0 heterocycles. The summed E-state index contributed by atoms with van der Waals surface area (Å²) in [5.41, 5.74) is 5.37. The molecule has 0 spiro atoms. The van der Waals surface area contributed by atoms with Gasteiger partial charge in [0, 0.05) is 17.5 Å². The van der Waals surface area contributed by atoms with Crippen LogP contribution in [-0.4, -0.2) is 23.6 Å². The summed E-state index contributed by atoms with van der Waals surface area (Å²) in [4.78, 5) is 25.0. The Morgan fingerprint density at radius 2 is 1.63 bits per heavy atom. The van der Waals surface area contributed by atoms with Crippen molar-refractivity contribution in [2.45, 2.75) is 66.5 Å². The van der Waals surface area contributed by atoms with Crippen LogP contribution < -0.4 is 14.8 Å². The van der Waals surface area contributed by atoms with E-state index >= 15 is 0 Å². The maximum Gasteiger partial charge on any atom is 0.303 e. The Morgan fingerprint density at radius 1 is 0.921 bits per heavy atom. The number of amides is 1. The third-order valence-electron chi connectivity index (χ3n) is 6.26. The zero-order valence-electron chi connectivity index (χ0n) is 23.0. The largest absolute Gasteiger partial charge is 0.493 e. The number of rotatable bonds is 13. The van der Waals surface area contributed by atoms with Crippen LogP contribution in [0.3, 0.4) is 0 Å². The fraction of sp³-hybridized carbons (Fsp3) is 0.375. The Hall–Kier alpha value is -3.80. The van der Waals surface area contributed by atoms with Crippen molar-refractivity contribution in [1.82, 2.24) is 5.32 Å². The lowest BCUT2D eigenvalue weighted by atomic mass is 9.93. The van der Waals surface area contributed by atoms with Crippen molar-refractivity contribution < 1.29 is 24.2 Å². The minimum Gasteiger partial charge on any atom is -0.493 e. The maximum atomic E-state index is 13.7. The molecule has 0 aliphatic carbocycles. The number of hydrogen-bond acceptors (Lipinski definition) is 4. The average molecular weight is 518 g/mol. The van der Waals surface area contributed by atoms with Gasteiger partial charge in [-0.05, 0) is 68.9 Å². The number of aliphatic carboxylic acids is 1. The van der Waals surface area contributed by atoms with Gasteiger partial charge < -0.3 is 19.9 Å². The molecule has 0 saturated carbocycles. The number of nitrogens with one attached hydrogen (secondary N) is 1. The van der Waals surface area contributed by atoms with E-state index in [1.54, 1.807) is 18.2 Å². The number of carboxylic acid groups (broad SMARTS) is 1. The maximum absolute atomic E-state index is 13.7. The van der Waals surface area contributed by atoms with Crippen molar-refractivity contribution in [2.75, 3.05) is 6.61 Å². The minimum atomic E-state index is -0.905. The predicted molar refractivity (Wildman–Crippen MR) is 150 cm³/mol. The van der Waals surface area contributed by atoms with Crippen molar-refractivity contribution in [2.24, 2.45) is 5.92 Å². The molecule has 3 rings (SSSR count). The summed E-state index contributed by atoms with van der Waals surface area (Å²) < 4.78 is 11.8. The van der Waals surface area contributed by atoms with Gasteiger partial charge in [0.1, 0.15) is 18.1 Å². The van der Waals surface area contributed by atoms with Gasteiger partial charge in [-0.1, -0.05) is 67.4 Å². The van der Waals surface area contributed by atoms with Gasteiger partial charge in [0.25, 0.3) is 5.91 Å². The van der Waals surface area contributed by atoms with Crippen LogP contribution in [0, 0.1) is 19.8 Å². The zero-order chi connectivity index (χ0) is 27.7. The van der Waals surface area contributed by atoms with Gasteiger partial charge in [0.2, 0.25) is 0 Å². The second kappa shape index (κ2) is 13.7. The SMILES string of the molecule is CCOc1ccccc1COc1ccc(CCC(=O)O)c(C(=O)NC(CC(C)C)c2cc(C)cc(C)c2)c1. The summed E-state index contributed by atoms with van der Waals surface area (Å²) in [7, 11) is 0. The average Bonchev–Trinajstić information content (AvgIpc) is 2.86. The molecule has 1 atom stereocenters. The number of carbonyl (C=O) groups excluding carboxylic acids is 1. The molecule has 3 aromatic rings. The molecular weight excluding hydrogens is 478 g/mol. The first kappa shape index (κ1) is 28.8. The third kappa shape index (κ3) is 8.37. The van der Waals surface area contributed by atoms with E-state index in [4.69, 9.17) is 9.47 Å². The summed E-state index contributed by atoms with van der Waals surface area (Å²) in [6.07, 6.45) is 0.974. The number of aryl methyl sites for hydroxylation is 3. The molecule has 202 valence electrons. The van der Waals surface area contributed by atoms with Gasteiger partial charge >= 0.3 is 5.97 Å². The Bertz CT molecular complexity index is 1230. The number of benzene rings is 3. The molecule has 0 aliphatic rings. The van der Waals surface area contributed by atoms with Gasteiger partial charge in [0.05, 0.1) is 12.6 Å². The zero-order valence-corrected chi connectivity index (χ0v) is 23.0. The molecule has 1 amide bonds. The lowest BCUT2D eigenvalue weighted by Gasteiger charge is -2.23. The molecule has 6 nitrogen and oxygen atoms in total. The van der Waals surface area contributed by atoms with Crippen LogP contribution in [0.1, 0.15) is 77.8 Å². The summed E-state index contributed by atoms with van der Waals surface area (Å²) in [5, 5.41) is 12.5. The van der Waals surface area contributed by atoms with E-state index in [1.807, 2.05) is 31.2 Å². The van der Waals surface area contributed by atoms with Crippen molar-refractivity contribution in [1.29, 1.82) is 0 Å². The third-order valence-corrected chi connectivity index (χ3v) is 6.26. The second-order valence-corrected chi connectivity index (χ2v) is 10.1. The van der Waals surface area contributed by atoms with Gasteiger partial charge in [-0.3, -0.25) is 9.59 Å². The quantitative estimate of drug-likeness (QED) is 0.260. The van der Waals surface area contributed by atoms with E-state index in [2.05, 4.69) is 51.2 Å². The fourth-order valence-electron chi connectivity index (χ4n) is 4.59. The number of hydrogen-bond donors (Lipinski definition) is 2. The van der Waals surface area contributed by atoms with E-state index < -0.39 is 5.97 Å². The molecule has 0 aromatic heterocycles. The highest BCUT2D eigenvalue weighted by atomic mass is 16.5. The standard InChI is InChI=1S/C32H39NO5/c1-6-37-30-10-8-7-9-25(30)20-38-27-13-11-24(12-14-31(34)35)28(19-27)32(36)33-29(15-21(2)3)26-17-22(4)16-23(5)18-26/h7-11,13,16-19,21,29H,6,12,14-15,20H2,1-5H3,(H,33,36)(H,34,35). The molecule has 0 bridgehead atoms. The van der Waals surface area contributed by atoms with Gasteiger partial charge in [-0.25, -0.2) is 0 Å². The fourth-order valence-corrected chi connectivity index (χ4v) is 4.59. The number of para-hydroxylation sites is 1. The first-order valence-electron chi connectivity index (χ1n) is 13.2. The predicted octanol–water partition coefficient (Wildman–Crippen LogP) is 6.82.